The number of aliphatic hydroxyl groups excluding tert-OH is 3. The Bertz CT molecular complexity index is 2060. The number of ether oxygens (including phenoxy) is 5. The second kappa shape index (κ2) is 17.0. The van der Waals surface area contributed by atoms with Gasteiger partial charge in [0.25, 0.3) is 0 Å². The number of phenolic OH excluding ortho intramolecular Hbond substituents is 2. The molecule has 58 heavy (non-hydrogen) atoms. The van der Waals surface area contributed by atoms with Crippen molar-refractivity contribution in [3.8, 4) is 17.2 Å². The number of aliphatic hydroxyl groups is 4. The van der Waals surface area contributed by atoms with E-state index in [9.17, 15) is 64.2 Å². The van der Waals surface area contributed by atoms with E-state index >= 15 is 0 Å². The van der Waals surface area contributed by atoms with Gasteiger partial charge in [-0.05, 0) is 18.7 Å². The van der Waals surface area contributed by atoms with Gasteiger partial charge in [-0.1, -0.05) is 12.1 Å². The molecule has 0 bridgehead atoms. The van der Waals surface area contributed by atoms with Crippen molar-refractivity contribution >= 4 is 53.0 Å². The molecule has 3 amide bonds. The minimum absolute atomic E-state index is 0.00191. The molecule has 1 unspecified atom stereocenters. The Balaban J connectivity index is 1.15. The quantitative estimate of drug-likeness (QED) is 0.0493. The van der Waals surface area contributed by atoms with Crippen LogP contribution in [0.4, 0.5) is 4.79 Å². The maximum absolute atomic E-state index is 13.9. The van der Waals surface area contributed by atoms with Gasteiger partial charge in [0.15, 0.2) is 24.1 Å². The molecule has 21 heteroatoms. The lowest BCUT2D eigenvalue weighted by atomic mass is 9.72. The summed E-state index contributed by atoms with van der Waals surface area (Å²) in [7, 11) is 1.26. The topological polar surface area (TPSA) is 302 Å². The van der Waals surface area contributed by atoms with Gasteiger partial charge in [0.2, 0.25) is 24.4 Å². The lowest BCUT2D eigenvalue weighted by Crippen LogP contribution is -2.56. The minimum atomic E-state index is -2.46. The third-order valence-electron chi connectivity index (χ3n) is 10.5. The second-order valence-electron chi connectivity index (χ2n) is 13.9. The SMILES string of the molecule is COc1cccc2c1C(=O)c1c(O)c3c(c(O)c1C2=O)C[C@@](O)(C(=O)CO)C[C@@H]3O[C@H]1C[C@H](NC(=O)OCOC(=O)CCCN2C(=O)CC(SC)C2=O)[C@H](O)[C@H](O)O1. The Morgan fingerprint density at radius 1 is 1.03 bits per heavy atom. The van der Waals surface area contributed by atoms with Crippen molar-refractivity contribution in [3.05, 3.63) is 51.6 Å². The van der Waals surface area contributed by atoms with Crippen molar-refractivity contribution in [2.75, 3.05) is 33.3 Å². The third kappa shape index (κ3) is 7.85. The summed E-state index contributed by atoms with van der Waals surface area (Å²) in [5.41, 5.74) is -4.72. The van der Waals surface area contributed by atoms with Crippen molar-refractivity contribution in [1.82, 2.24) is 10.2 Å². The van der Waals surface area contributed by atoms with Crippen LogP contribution < -0.4 is 10.1 Å². The number of thioether (sulfide) groups is 1. The van der Waals surface area contributed by atoms with Crippen LogP contribution in [0, 0.1) is 0 Å². The van der Waals surface area contributed by atoms with Crippen molar-refractivity contribution in [2.45, 2.75) is 80.2 Å². The van der Waals surface area contributed by atoms with Crippen LogP contribution in [-0.4, -0.2) is 146 Å². The zero-order valence-corrected chi connectivity index (χ0v) is 31.8. The predicted molar refractivity (Wildman–Crippen MR) is 193 cm³/mol. The van der Waals surface area contributed by atoms with Crippen LogP contribution in [0.25, 0.3) is 0 Å². The van der Waals surface area contributed by atoms with Crippen LogP contribution in [0.15, 0.2) is 18.2 Å². The predicted octanol–water partition coefficient (Wildman–Crippen LogP) is -0.530. The van der Waals surface area contributed by atoms with Crippen LogP contribution in [0.5, 0.6) is 17.2 Å². The Morgan fingerprint density at radius 2 is 1.76 bits per heavy atom. The minimum Gasteiger partial charge on any atom is -0.507 e. The van der Waals surface area contributed by atoms with Gasteiger partial charge in [-0.15, -0.1) is 0 Å². The lowest BCUT2D eigenvalue weighted by molar-refractivity contribution is -0.302. The molecular formula is C37H40N2O18S. The number of imide groups is 1. The number of methoxy groups -OCH3 is 1. The van der Waals surface area contributed by atoms with Gasteiger partial charge in [-0.25, -0.2) is 4.79 Å². The maximum Gasteiger partial charge on any atom is 0.410 e. The highest BCUT2D eigenvalue weighted by Crippen LogP contribution is 2.52. The maximum atomic E-state index is 13.9. The summed E-state index contributed by atoms with van der Waals surface area (Å²) in [5, 5.41) is 67.3. The van der Waals surface area contributed by atoms with E-state index in [2.05, 4.69) is 5.32 Å². The molecule has 6 rings (SSSR count). The zero-order valence-electron chi connectivity index (χ0n) is 31.0. The molecule has 2 aliphatic heterocycles. The molecular weight excluding hydrogens is 792 g/mol. The molecule has 0 radical (unpaired) electrons. The number of rotatable bonds is 13. The second-order valence-corrected chi connectivity index (χ2v) is 15.0. The number of alkyl carbamates (subject to hydrolysis) is 1. The molecule has 2 aliphatic carbocycles. The fraction of sp³-hybridized carbons (Fsp3) is 0.486. The third-order valence-corrected chi connectivity index (χ3v) is 11.4. The van der Waals surface area contributed by atoms with Gasteiger partial charge in [-0.3, -0.25) is 33.7 Å². The molecule has 2 aromatic carbocycles. The molecule has 4 aliphatic rings. The molecule has 312 valence electrons. The van der Waals surface area contributed by atoms with E-state index in [4.69, 9.17) is 23.7 Å². The standard InChI is InChI=1S/C37H40N2O18S/c1-53-18-6-3-5-15-25(18)32(47)28-27(29(15)44)30(45)16-11-37(52,21(41)13-40)12-19(26(16)33(28)48)56-24-9-17(31(46)35(50)57-24)38-36(51)55-14-54-23(43)7-4-8-39-22(42)10-20(58-2)34(39)49/h3,5-6,17,19-20,24,31,35,40,45-46,48,50,52H,4,7-14H2,1-2H3,(H,38,51)/t17-,19-,20?,24+,31-,35+,37-/m0/s1. The molecule has 0 spiro atoms. The molecule has 7 N–H and O–H groups in total. The van der Waals surface area contributed by atoms with Gasteiger partial charge in [0.05, 0.1) is 41.2 Å². The first-order valence-electron chi connectivity index (χ1n) is 17.9. The first-order valence-corrected chi connectivity index (χ1v) is 19.2. The summed E-state index contributed by atoms with van der Waals surface area (Å²) in [4.78, 5) is 90.6. The van der Waals surface area contributed by atoms with Crippen molar-refractivity contribution in [1.29, 1.82) is 0 Å². The zero-order chi connectivity index (χ0) is 42.2. The Labute approximate surface area is 332 Å². The van der Waals surface area contributed by atoms with E-state index in [1.165, 1.54) is 37.1 Å². The van der Waals surface area contributed by atoms with E-state index in [0.29, 0.717) is 0 Å². The summed E-state index contributed by atoms with van der Waals surface area (Å²) in [5.74, 6) is -6.07. The van der Waals surface area contributed by atoms with E-state index in [0.717, 1.165) is 4.90 Å². The largest absolute Gasteiger partial charge is 0.507 e. The normalized spacial score (nSPS) is 26.4. The molecule has 2 heterocycles. The van der Waals surface area contributed by atoms with Gasteiger partial charge < -0.3 is 59.6 Å². The van der Waals surface area contributed by atoms with Crippen molar-refractivity contribution in [3.63, 3.8) is 0 Å². The number of nitrogens with one attached hydrogen (secondary N) is 1. The molecule has 20 nitrogen and oxygen atoms in total. The van der Waals surface area contributed by atoms with Gasteiger partial charge in [0.1, 0.15) is 35.6 Å². The van der Waals surface area contributed by atoms with Gasteiger partial charge in [0, 0.05) is 55.3 Å². The average molecular weight is 833 g/mol. The molecule has 0 saturated carbocycles. The molecule has 7 atom stereocenters. The number of nitrogens with zero attached hydrogens (tertiary/aromatic N) is 1. The van der Waals surface area contributed by atoms with Crippen molar-refractivity contribution in [2.24, 2.45) is 0 Å². The number of hydrogen-bond donors (Lipinski definition) is 7. The van der Waals surface area contributed by atoms with Crippen LogP contribution in [-0.2, 0) is 44.5 Å². The summed E-state index contributed by atoms with van der Waals surface area (Å²) >= 11 is 1.26. The van der Waals surface area contributed by atoms with Crippen molar-refractivity contribution < 1.29 is 87.9 Å². The fourth-order valence-electron chi connectivity index (χ4n) is 7.51. The van der Waals surface area contributed by atoms with E-state index in [-0.39, 0.29) is 65.6 Å². The lowest BCUT2D eigenvalue weighted by Gasteiger charge is -2.42. The van der Waals surface area contributed by atoms with Crippen LogP contribution in [0.2, 0.25) is 0 Å². The van der Waals surface area contributed by atoms with E-state index < -0.39 is 126 Å². The summed E-state index contributed by atoms with van der Waals surface area (Å²) in [6.45, 7) is -2.02. The number of Topliss-reactive ketones (excluding diaryl/α,β-unsaturated/α-hetero) is 1. The number of carbonyl (C=O) groups excluding carboxylic acids is 7. The molecule has 0 aromatic heterocycles. The highest BCUT2D eigenvalue weighted by Gasteiger charge is 2.50. The smallest absolute Gasteiger partial charge is 0.410 e. The fourth-order valence-corrected chi connectivity index (χ4v) is 8.15. The van der Waals surface area contributed by atoms with Gasteiger partial charge >= 0.3 is 12.1 Å². The monoisotopic (exact) mass is 832 g/mol. The van der Waals surface area contributed by atoms with Gasteiger partial charge in [-0.2, -0.15) is 11.8 Å². The first-order chi connectivity index (χ1) is 27.5. The number of ketones is 3. The number of amides is 3. The first kappa shape index (κ1) is 42.4. The number of esters is 1. The molecule has 2 fully saturated rings. The highest BCUT2D eigenvalue weighted by atomic mass is 32.2. The Hall–Kier alpha value is -5.16. The molecule has 2 saturated heterocycles. The van der Waals surface area contributed by atoms with Crippen LogP contribution >= 0.6 is 11.8 Å². The number of benzene rings is 2. The summed E-state index contributed by atoms with van der Waals surface area (Å²) in [6.07, 6.45) is -8.52. The number of likely N-dealkylation sites (tertiary alicyclic amines) is 1. The number of carbonyl (C=O) groups is 7. The van der Waals surface area contributed by atoms with Crippen LogP contribution in [0.3, 0.4) is 0 Å². The van der Waals surface area contributed by atoms with E-state index in [1.807, 2.05) is 0 Å². The Morgan fingerprint density at radius 3 is 2.43 bits per heavy atom. The number of fused-ring (bicyclic) bond motifs is 3. The summed E-state index contributed by atoms with van der Waals surface area (Å²) in [6, 6.07) is 2.78. The number of aromatic hydroxyl groups is 2. The molecule has 2 aromatic rings. The highest BCUT2D eigenvalue weighted by molar-refractivity contribution is 8.00. The average Bonchev–Trinajstić information content (AvgIpc) is 3.47. The summed E-state index contributed by atoms with van der Waals surface area (Å²) < 4.78 is 26.4. The van der Waals surface area contributed by atoms with Crippen LogP contribution in [0.1, 0.15) is 81.2 Å². The Kier molecular flexibility index (Phi) is 12.4. The number of hydrogen-bond acceptors (Lipinski definition) is 19. The van der Waals surface area contributed by atoms with E-state index in [1.54, 1.807) is 6.26 Å². The number of phenols is 2.